The van der Waals surface area contributed by atoms with Crippen LogP contribution >= 0.6 is 7.82 Å². The second-order valence-electron chi connectivity index (χ2n) is 22.6. The van der Waals surface area contributed by atoms with Crippen molar-refractivity contribution in [3.63, 3.8) is 0 Å². The predicted octanol–water partition coefficient (Wildman–Crippen LogP) is 8.99. The number of carbonyl (C=O) groups is 1. The van der Waals surface area contributed by atoms with Crippen LogP contribution in [0.1, 0.15) is 271 Å². The minimum Gasteiger partial charge on any atom is -0.756 e. The molecule has 14 atom stereocenters. The third-order valence-corrected chi connectivity index (χ3v) is 16.7. The highest BCUT2D eigenvalue weighted by Gasteiger charge is 2.54. The number of unbranched alkanes of at least 4 members (excludes halogenated alkanes) is 36. The minimum atomic E-state index is -5.57. The van der Waals surface area contributed by atoms with E-state index in [1.807, 2.05) is 0 Å². The number of ether oxygens (including phenoxy) is 2. The van der Waals surface area contributed by atoms with Gasteiger partial charge in [0, 0.05) is 6.42 Å². The molecule has 0 spiro atoms. The summed E-state index contributed by atoms with van der Waals surface area (Å²) in [5, 5.41) is 97.4. The Kier molecular flexibility index (Phi) is 42.0. The van der Waals surface area contributed by atoms with Crippen LogP contribution in [-0.2, 0) is 27.9 Å². The maximum absolute atomic E-state index is 13.4. The smallest absolute Gasteiger partial charge is 0.268 e. The van der Waals surface area contributed by atoms with Gasteiger partial charge in [-0.1, -0.05) is 251 Å². The van der Waals surface area contributed by atoms with E-state index in [2.05, 4.69) is 19.2 Å². The van der Waals surface area contributed by atoms with Crippen molar-refractivity contribution in [3.05, 3.63) is 0 Å². The summed E-state index contributed by atoms with van der Waals surface area (Å²) in [6.07, 6.45) is 23.8. The summed E-state index contributed by atoms with van der Waals surface area (Å²) in [6, 6.07) is -1.18. The molecule has 2 fully saturated rings. The van der Waals surface area contributed by atoms with Gasteiger partial charge in [-0.15, -0.1) is 0 Å². The lowest BCUT2D eigenvalue weighted by Crippen LogP contribution is -2.67. The molecule has 1 saturated carbocycles. The van der Waals surface area contributed by atoms with Crippen molar-refractivity contribution in [2.75, 3.05) is 13.2 Å². The molecule has 1 saturated heterocycles. The summed E-state index contributed by atoms with van der Waals surface area (Å²) in [5.74, 6) is -0.384. The average molecular weight is 1110 g/mol. The van der Waals surface area contributed by atoms with E-state index < -0.39 is 101 Å². The standard InChI is InChI=1S/C58H114NO16P/c1-3-5-7-9-11-13-15-17-19-20-21-22-23-24-25-26-28-30-32-34-36-38-40-42-48(62)59-45(46(61)41-39-37-35-33-31-29-27-18-16-14-12-10-8-6-4-2)44-72-76(70,71)75-57-54(68)52(66)51(65)53(67)56(57)74-58-55(69)50(64)49(63)47(43-60)73-58/h45-47,49-58,60-61,63-69H,3-44H2,1-2H3,(H,59,62)(H,70,71)/p-1/t45-,46+,47+,49+,50-,51+,52+,53-,54+,55-,56+,57+,58?/m0/s1. The van der Waals surface area contributed by atoms with Crippen molar-refractivity contribution < 1.29 is 78.7 Å². The Labute approximate surface area is 459 Å². The first-order chi connectivity index (χ1) is 36.7. The normalized spacial score (nSPS) is 26.6. The fourth-order valence-corrected chi connectivity index (χ4v) is 11.6. The number of hydrogen-bond donors (Lipinski definition) is 10. The number of aliphatic hydroxyl groups is 9. The zero-order chi connectivity index (χ0) is 55.8. The second kappa shape index (κ2) is 44.8. The van der Waals surface area contributed by atoms with Gasteiger partial charge in [0.05, 0.1) is 25.4 Å². The highest BCUT2D eigenvalue weighted by atomic mass is 31.2. The number of phosphoric acid groups is 1. The Morgan fingerprint density at radius 1 is 0.500 bits per heavy atom. The van der Waals surface area contributed by atoms with Crippen LogP contribution in [0.3, 0.4) is 0 Å². The molecule has 0 aromatic heterocycles. The first-order valence-corrected chi connectivity index (χ1v) is 32.4. The molecular weight excluding hydrogens is 998 g/mol. The van der Waals surface area contributed by atoms with Crippen LogP contribution in [0, 0.1) is 0 Å². The molecule has 1 aliphatic carbocycles. The van der Waals surface area contributed by atoms with E-state index in [9.17, 15) is 60.2 Å². The highest BCUT2D eigenvalue weighted by molar-refractivity contribution is 7.45. The van der Waals surface area contributed by atoms with Crippen LogP contribution in [0.5, 0.6) is 0 Å². The van der Waals surface area contributed by atoms with Crippen molar-refractivity contribution in [2.24, 2.45) is 0 Å². The largest absolute Gasteiger partial charge is 0.756 e. The lowest BCUT2D eigenvalue weighted by Gasteiger charge is -2.47. The van der Waals surface area contributed by atoms with E-state index in [4.69, 9.17) is 18.5 Å². The van der Waals surface area contributed by atoms with Gasteiger partial charge in [-0.3, -0.25) is 9.36 Å². The molecule has 0 bridgehead atoms. The number of carbonyl (C=O) groups excluding carboxylic acids is 1. The average Bonchev–Trinajstić information content (AvgIpc) is 3.40. The Morgan fingerprint density at radius 2 is 0.842 bits per heavy atom. The molecule has 2 rings (SSSR count). The molecule has 1 heterocycles. The van der Waals surface area contributed by atoms with Crippen molar-refractivity contribution in [1.82, 2.24) is 5.32 Å². The molecule has 17 nitrogen and oxygen atoms in total. The van der Waals surface area contributed by atoms with Crippen molar-refractivity contribution in [2.45, 2.75) is 350 Å². The number of hydrogen-bond acceptors (Lipinski definition) is 16. The first-order valence-electron chi connectivity index (χ1n) is 31.0. The van der Waals surface area contributed by atoms with Gasteiger partial charge in [-0.05, 0) is 12.8 Å². The maximum atomic E-state index is 13.4. The minimum absolute atomic E-state index is 0.163. The van der Waals surface area contributed by atoms with E-state index in [0.29, 0.717) is 12.8 Å². The lowest BCUT2D eigenvalue weighted by atomic mass is 9.84. The molecule has 2 unspecified atom stereocenters. The van der Waals surface area contributed by atoms with Gasteiger partial charge >= 0.3 is 0 Å². The van der Waals surface area contributed by atoms with Crippen LogP contribution in [0.4, 0.5) is 0 Å². The Bertz CT molecular complexity index is 1420. The number of phosphoric ester groups is 1. The van der Waals surface area contributed by atoms with Crippen LogP contribution in [-0.4, -0.2) is 145 Å². The topological polar surface area (TPSA) is 288 Å². The molecule has 1 aliphatic heterocycles. The monoisotopic (exact) mass is 1110 g/mol. The van der Waals surface area contributed by atoms with E-state index in [-0.39, 0.29) is 18.7 Å². The third kappa shape index (κ3) is 31.4. The summed E-state index contributed by atoms with van der Waals surface area (Å²) in [5.41, 5.74) is 0. The third-order valence-electron chi connectivity index (χ3n) is 15.8. The maximum Gasteiger partial charge on any atom is 0.268 e. The van der Waals surface area contributed by atoms with Crippen molar-refractivity contribution in [1.29, 1.82) is 0 Å². The summed E-state index contributed by atoms with van der Waals surface area (Å²) < 4.78 is 34.7. The number of rotatable bonds is 50. The van der Waals surface area contributed by atoms with Gasteiger partial charge in [0.1, 0.15) is 61.0 Å². The van der Waals surface area contributed by atoms with Crippen LogP contribution in [0.2, 0.25) is 0 Å². The molecule has 0 radical (unpaired) electrons. The van der Waals surface area contributed by atoms with Gasteiger partial charge in [0.2, 0.25) is 5.91 Å². The molecule has 452 valence electrons. The zero-order valence-electron chi connectivity index (χ0n) is 47.5. The SMILES string of the molecule is CCCCCCCCCCCCCCCCCCCCCCCCCC(=O)N[C@@H](COP(=O)([O-])O[C@@H]1[C@H](O)[C@H](O)[C@@H](O)[C@H](O)[C@H]1OC1O[C@H](CO)[C@@H](O)[C@H](O)[C@@H]1O)[C@H](O)CCCCCCCCCCCCCCCCC. The van der Waals surface area contributed by atoms with Crippen LogP contribution in [0.25, 0.3) is 0 Å². The zero-order valence-corrected chi connectivity index (χ0v) is 48.4. The van der Waals surface area contributed by atoms with Gasteiger partial charge in [-0.25, -0.2) is 0 Å². The Hall–Kier alpha value is -0.860. The molecule has 0 aromatic carbocycles. The number of amides is 1. The first kappa shape index (κ1) is 71.2. The van der Waals surface area contributed by atoms with Crippen molar-refractivity contribution in [3.8, 4) is 0 Å². The quantitative estimate of drug-likeness (QED) is 0.0201. The van der Waals surface area contributed by atoms with Crippen LogP contribution < -0.4 is 10.2 Å². The van der Waals surface area contributed by atoms with E-state index in [1.54, 1.807) is 0 Å². The lowest BCUT2D eigenvalue weighted by molar-refractivity contribution is -0.341. The predicted molar refractivity (Wildman–Crippen MR) is 295 cm³/mol. The summed E-state index contributed by atoms with van der Waals surface area (Å²) in [7, 11) is -5.57. The summed E-state index contributed by atoms with van der Waals surface area (Å²) >= 11 is 0. The summed E-state index contributed by atoms with van der Waals surface area (Å²) in [6.45, 7) is 2.90. The molecule has 76 heavy (non-hydrogen) atoms. The van der Waals surface area contributed by atoms with Gasteiger partial charge in [-0.2, -0.15) is 0 Å². The Morgan fingerprint density at radius 3 is 1.22 bits per heavy atom. The molecule has 0 aromatic rings. The fraction of sp³-hybridized carbons (Fsp3) is 0.983. The second-order valence-corrected chi connectivity index (χ2v) is 23.9. The van der Waals surface area contributed by atoms with Gasteiger partial charge in [0.25, 0.3) is 7.82 Å². The number of aliphatic hydroxyl groups excluding tert-OH is 9. The van der Waals surface area contributed by atoms with E-state index in [1.165, 1.54) is 180 Å². The highest BCUT2D eigenvalue weighted by Crippen LogP contribution is 2.44. The molecular formula is C58H113NO16P-. The van der Waals surface area contributed by atoms with Crippen molar-refractivity contribution >= 4 is 13.7 Å². The van der Waals surface area contributed by atoms with E-state index in [0.717, 1.165) is 51.4 Å². The fourth-order valence-electron chi connectivity index (χ4n) is 10.7. The Balaban J connectivity index is 1.82. The number of nitrogens with one attached hydrogen (secondary N) is 1. The summed E-state index contributed by atoms with van der Waals surface area (Å²) in [4.78, 5) is 26.7. The molecule has 18 heteroatoms. The van der Waals surface area contributed by atoms with Gasteiger partial charge < -0.3 is 74.7 Å². The van der Waals surface area contributed by atoms with Gasteiger partial charge in [0.15, 0.2) is 6.29 Å². The molecule has 1 amide bonds. The molecule has 2 aliphatic rings. The van der Waals surface area contributed by atoms with Crippen LogP contribution in [0.15, 0.2) is 0 Å². The molecule has 10 N–H and O–H groups in total. The van der Waals surface area contributed by atoms with E-state index >= 15 is 0 Å².